The van der Waals surface area contributed by atoms with Crippen LogP contribution in [0.5, 0.6) is 0 Å². The van der Waals surface area contributed by atoms with Crippen LogP contribution in [0.2, 0.25) is 0 Å². The highest BCUT2D eigenvalue weighted by molar-refractivity contribution is 5.99. The maximum atomic E-state index is 12.0. The van der Waals surface area contributed by atoms with Crippen LogP contribution in [0.15, 0.2) is 24.3 Å². The van der Waals surface area contributed by atoms with Crippen molar-refractivity contribution >= 4 is 17.5 Å². The monoisotopic (exact) mass is 260 g/mol. The summed E-state index contributed by atoms with van der Waals surface area (Å²) in [5.41, 5.74) is 1.43. The Balaban J connectivity index is 2.15. The Morgan fingerprint density at radius 1 is 1.47 bits per heavy atom. The van der Waals surface area contributed by atoms with Gasteiger partial charge in [0.2, 0.25) is 5.91 Å². The fourth-order valence-electron chi connectivity index (χ4n) is 2.15. The molecule has 1 atom stereocenters. The molecule has 2 amide bonds. The van der Waals surface area contributed by atoms with E-state index in [1.165, 1.54) is 0 Å². The second-order valence-electron chi connectivity index (χ2n) is 4.98. The van der Waals surface area contributed by atoms with E-state index >= 15 is 0 Å². The summed E-state index contributed by atoms with van der Waals surface area (Å²) in [4.78, 5) is 25.5. The maximum absolute atomic E-state index is 12.0. The summed E-state index contributed by atoms with van der Waals surface area (Å²) >= 11 is 0. The predicted molar refractivity (Wildman–Crippen MR) is 75.2 cm³/mol. The molecule has 4 heteroatoms. The molecule has 0 aliphatic carbocycles. The predicted octanol–water partition coefficient (Wildman–Crippen LogP) is 2.34. The molecule has 1 aromatic carbocycles. The van der Waals surface area contributed by atoms with Crippen molar-refractivity contribution < 1.29 is 9.59 Å². The summed E-state index contributed by atoms with van der Waals surface area (Å²) in [7, 11) is 0. The minimum absolute atomic E-state index is 0.0807. The van der Waals surface area contributed by atoms with Crippen molar-refractivity contribution in [3.63, 3.8) is 0 Å². The van der Waals surface area contributed by atoms with Gasteiger partial charge in [-0.2, -0.15) is 0 Å². The highest BCUT2D eigenvalue weighted by Crippen LogP contribution is 2.22. The summed E-state index contributed by atoms with van der Waals surface area (Å²) < 4.78 is 0. The third kappa shape index (κ3) is 3.13. The molecule has 4 nitrogen and oxygen atoms in total. The topological polar surface area (TPSA) is 49.4 Å². The van der Waals surface area contributed by atoms with Gasteiger partial charge in [-0.25, -0.2) is 0 Å². The zero-order valence-electron chi connectivity index (χ0n) is 11.5. The van der Waals surface area contributed by atoms with Crippen LogP contribution < -0.4 is 10.2 Å². The summed E-state index contributed by atoms with van der Waals surface area (Å²) in [5.74, 6) is 0.0577. The van der Waals surface area contributed by atoms with Crippen LogP contribution in [0.3, 0.4) is 0 Å². The molecular formula is C15H20N2O2. The van der Waals surface area contributed by atoms with E-state index in [0.29, 0.717) is 12.0 Å². The standard InChI is InChI=1S/C15H20N2O2/c1-3-11(2)16-15(19)12-6-4-7-13(10-12)17-9-5-8-14(17)18/h4,6-7,10-11H,3,5,8-9H2,1-2H3,(H,16,19)/t11-/m0/s1. The number of anilines is 1. The van der Waals surface area contributed by atoms with Gasteiger partial charge in [0.25, 0.3) is 5.91 Å². The van der Waals surface area contributed by atoms with Gasteiger partial charge < -0.3 is 10.2 Å². The highest BCUT2D eigenvalue weighted by Gasteiger charge is 2.22. The molecule has 1 heterocycles. The van der Waals surface area contributed by atoms with Crippen LogP contribution in [0.1, 0.15) is 43.5 Å². The van der Waals surface area contributed by atoms with Crippen LogP contribution in [0.25, 0.3) is 0 Å². The lowest BCUT2D eigenvalue weighted by Crippen LogP contribution is -2.32. The van der Waals surface area contributed by atoms with E-state index in [1.807, 2.05) is 26.0 Å². The molecule has 0 bridgehead atoms. The van der Waals surface area contributed by atoms with Crippen LogP contribution in [-0.2, 0) is 4.79 Å². The van der Waals surface area contributed by atoms with Gasteiger partial charge >= 0.3 is 0 Å². The first-order valence-electron chi connectivity index (χ1n) is 6.83. The number of carbonyl (C=O) groups is 2. The van der Waals surface area contributed by atoms with E-state index < -0.39 is 0 Å². The summed E-state index contributed by atoms with van der Waals surface area (Å²) in [6.07, 6.45) is 2.39. The van der Waals surface area contributed by atoms with Crippen LogP contribution in [0, 0.1) is 0 Å². The molecular weight excluding hydrogens is 240 g/mol. The first-order chi connectivity index (χ1) is 9.11. The zero-order valence-corrected chi connectivity index (χ0v) is 11.5. The van der Waals surface area contributed by atoms with Crippen molar-refractivity contribution in [1.29, 1.82) is 0 Å². The lowest BCUT2D eigenvalue weighted by atomic mass is 10.1. The minimum atomic E-state index is -0.0807. The fraction of sp³-hybridized carbons (Fsp3) is 0.467. The van der Waals surface area contributed by atoms with Crippen LogP contribution in [-0.4, -0.2) is 24.4 Å². The van der Waals surface area contributed by atoms with Crippen molar-refractivity contribution in [2.45, 2.75) is 39.2 Å². The smallest absolute Gasteiger partial charge is 0.251 e. The molecule has 1 aliphatic rings. The molecule has 1 N–H and O–H groups in total. The molecule has 1 saturated heterocycles. The Bertz CT molecular complexity index is 485. The van der Waals surface area contributed by atoms with E-state index in [9.17, 15) is 9.59 Å². The molecule has 0 radical (unpaired) electrons. The Kier molecular flexibility index (Phi) is 4.20. The molecule has 1 aliphatic heterocycles. The largest absolute Gasteiger partial charge is 0.350 e. The van der Waals surface area contributed by atoms with Crippen LogP contribution in [0.4, 0.5) is 5.69 Å². The lowest BCUT2D eigenvalue weighted by molar-refractivity contribution is -0.117. The van der Waals surface area contributed by atoms with E-state index in [-0.39, 0.29) is 17.9 Å². The Labute approximate surface area is 113 Å². The molecule has 2 rings (SSSR count). The lowest BCUT2D eigenvalue weighted by Gasteiger charge is -2.17. The Hall–Kier alpha value is -1.84. The van der Waals surface area contributed by atoms with Gasteiger partial charge in [0.15, 0.2) is 0 Å². The molecule has 0 aromatic heterocycles. The van der Waals surface area contributed by atoms with Crippen molar-refractivity contribution in [2.24, 2.45) is 0 Å². The summed E-state index contributed by atoms with van der Waals surface area (Å²) in [5, 5.41) is 2.93. The Morgan fingerprint density at radius 3 is 2.89 bits per heavy atom. The number of rotatable bonds is 4. The van der Waals surface area contributed by atoms with E-state index in [1.54, 1.807) is 17.0 Å². The van der Waals surface area contributed by atoms with Gasteiger partial charge in [-0.1, -0.05) is 13.0 Å². The molecule has 19 heavy (non-hydrogen) atoms. The highest BCUT2D eigenvalue weighted by atomic mass is 16.2. The van der Waals surface area contributed by atoms with Gasteiger partial charge in [-0.15, -0.1) is 0 Å². The first kappa shape index (κ1) is 13.6. The number of carbonyl (C=O) groups excluding carboxylic acids is 2. The van der Waals surface area contributed by atoms with Crippen molar-refractivity contribution in [3.05, 3.63) is 29.8 Å². The molecule has 1 fully saturated rings. The van der Waals surface area contributed by atoms with E-state index in [0.717, 1.165) is 25.1 Å². The van der Waals surface area contributed by atoms with Gasteiger partial charge in [0.1, 0.15) is 0 Å². The quantitative estimate of drug-likeness (QED) is 0.903. The third-order valence-electron chi connectivity index (χ3n) is 3.48. The number of nitrogens with one attached hydrogen (secondary N) is 1. The SMILES string of the molecule is CC[C@H](C)NC(=O)c1cccc(N2CCCC2=O)c1. The third-order valence-corrected chi connectivity index (χ3v) is 3.48. The van der Waals surface area contributed by atoms with Crippen molar-refractivity contribution in [3.8, 4) is 0 Å². The van der Waals surface area contributed by atoms with Gasteiger partial charge in [0, 0.05) is 30.3 Å². The average Bonchev–Trinajstić information content (AvgIpc) is 2.85. The second kappa shape index (κ2) is 5.87. The Morgan fingerprint density at radius 2 is 2.26 bits per heavy atom. The number of benzene rings is 1. The zero-order chi connectivity index (χ0) is 13.8. The second-order valence-corrected chi connectivity index (χ2v) is 4.98. The number of amides is 2. The molecule has 0 unspecified atom stereocenters. The van der Waals surface area contributed by atoms with Crippen molar-refractivity contribution in [2.75, 3.05) is 11.4 Å². The number of hydrogen-bond acceptors (Lipinski definition) is 2. The molecule has 0 spiro atoms. The van der Waals surface area contributed by atoms with Gasteiger partial charge in [-0.3, -0.25) is 9.59 Å². The number of hydrogen-bond donors (Lipinski definition) is 1. The van der Waals surface area contributed by atoms with E-state index in [4.69, 9.17) is 0 Å². The van der Waals surface area contributed by atoms with Crippen LogP contribution >= 0.6 is 0 Å². The average molecular weight is 260 g/mol. The minimum Gasteiger partial charge on any atom is -0.350 e. The maximum Gasteiger partial charge on any atom is 0.251 e. The van der Waals surface area contributed by atoms with Crippen molar-refractivity contribution in [1.82, 2.24) is 5.32 Å². The fourth-order valence-corrected chi connectivity index (χ4v) is 2.15. The van der Waals surface area contributed by atoms with E-state index in [2.05, 4.69) is 5.32 Å². The molecule has 102 valence electrons. The first-order valence-corrected chi connectivity index (χ1v) is 6.83. The summed E-state index contributed by atoms with van der Waals surface area (Å²) in [6, 6.07) is 7.43. The van der Waals surface area contributed by atoms with Gasteiger partial charge in [-0.05, 0) is 38.0 Å². The molecule has 0 saturated carbocycles. The summed E-state index contributed by atoms with van der Waals surface area (Å²) in [6.45, 7) is 4.76. The normalized spacial score (nSPS) is 16.5. The van der Waals surface area contributed by atoms with Gasteiger partial charge in [0.05, 0.1) is 0 Å². The number of nitrogens with zero attached hydrogens (tertiary/aromatic N) is 1. The molecule has 1 aromatic rings.